The molecule has 0 aliphatic rings. The van der Waals surface area contributed by atoms with Gasteiger partial charge in [0.2, 0.25) is 0 Å². The van der Waals surface area contributed by atoms with E-state index in [2.05, 4.69) is 26.3 Å². The summed E-state index contributed by atoms with van der Waals surface area (Å²) in [4.78, 5) is 17.6. The zero-order chi connectivity index (χ0) is 20.8. The molecule has 0 saturated heterocycles. The Labute approximate surface area is 179 Å². The number of halogens is 1. The number of H-pyrrole nitrogens is 1. The van der Waals surface area contributed by atoms with E-state index in [0.29, 0.717) is 27.9 Å². The molecular formula is C21H13ClN6OS. The third kappa shape index (κ3) is 2.71. The summed E-state index contributed by atoms with van der Waals surface area (Å²) in [5.74, 6) is 0.124. The fraction of sp³-hybridized carbons (Fsp3) is 0.0952. The van der Waals surface area contributed by atoms with Crippen molar-refractivity contribution in [1.82, 2.24) is 25.0 Å². The average Bonchev–Trinajstić information content (AvgIpc) is 3.33. The number of aryl methyl sites for hydroxylation is 1. The van der Waals surface area contributed by atoms with E-state index in [1.165, 1.54) is 0 Å². The molecule has 0 aliphatic carbocycles. The second-order valence-corrected chi connectivity index (χ2v) is 7.99. The Morgan fingerprint density at radius 2 is 2.07 bits per heavy atom. The number of aromatic amines is 1. The van der Waals surface area contributed by atoms with Gasteiger partial charge in [-0.3, -0.25) is 9.48 Å². The van der Waals surface area contributed by atoms with Crippen LogP contribution in [0.4, 0.5) is 0 Å². The first-order valence-corrected chi connectivity index (χ1v) is 10.4. The summed E-state index contributed by atoms with van der Waals surface area (Å²) in [5.41, 5.74) is 3.44. The largest absolute Gasteiger partial charge is 0.273 e. The first-order valence-electron chi connectivity index (χ1n) is 9.01. The smallest absolute Gasteiger partial charge is 0.267 e. The molecule has 0 bridgehead atoms. The van der Waals surface area contributed by atoms with E-state index in [-0.39, 0.29) is 11.4 Å². The standard InChI is InChI=1S/C21H13ClN6OS/c1-28-19(20-13(9-23)11-4-2-3-5-17(11)30-20)14(10-24-28)15-7-6-12-18(25-15)16(8-22)26-27-21(12)29/h2-7,10H,8H2,1H3,(H,27,29). The van der Waals surface area contributed by atoms with Gasteiger partial charge in [-0.25, -0.2) is 10.1 Å². The molecule has 7 nitrogen and oxygen atoms in total. The Morgan fingerprint density at radius 3 is 2.87 bits per heavy atom. The monoisotopic (exact) mass is 432 g/mol. The maximum atomic E-state index is 12.1. The summed E-state index contributed by atoms with van der Waals surface area (Å²) in [7, 11) is 1.84. The van der Waals surface area contributed by atoms with Crippen LogP contribution in [0, 0.1) is 11.3 Å². The number of nitrogens with one attached hydrogen (secondary N) is 1. The van der Waals surface area contributed by atoms with Crippen LogP contribution in [0.25, 0.3) is 42.8 Å². The molecule has 0 spiro atoms. The van der Waals surface area contributed by atoms with Crippen molar-refractivity contribution < 1.29 is 0 Å². The van der Waals surface area contributed by atoms with E-state index in [0.717, 1.165) is 26.2 Å². The van der Waals surface area contributed by atoms with Crippen LogP contribution in [0.1, 0.15) is 11.3 Å². The van der Waals surface area contributed by atoms with E-state index in [1.807, 2.05) is 31.3 Å². The van der Waals surface area contributed by atoms with Crippen molar-refractivity contribution in [2.24, 2.45) is 7.05 Å². The van der Waals surface area contributed by atoms with Crippen molar-refractivity contribution in [3.63, 3.8) is 0 Å². The molecule has 1 N–H and O–H groups in total. The number of hydrogen-bond acceptors (Lipinski definition) is 6. The number of nitriles is 1. The van der Waals surface area contributed by atoms with Gasteiger partial charge in [0.05, 0.1) is 39.3 Å². The highest BCUT2D eigenvalue weighted by atomic mass is 35.5. The highest BCUT2D eigenvalue weighted by Crippen LogP contribution is 2.41. The van der Waals surface area contributed by atoms with Crippen molar-refractivity contribution in [3.8, 4) is 27.9 Å². The van der Waals surface area contributed by atoms with Crippen LogP contribution in [0.5, 0.6) is 0 Å². The lowest BCUT2D eigenvalue weighted by Crippen LogP contribution is -2.11. The van der Waals surface area contributed by atoms with Crippen LogP contribution in [0.3, 0.4) is 0 Å². The molecule has 4 aromatic heterocycles. The highest BCUT2D eigenvalue weighted by molar-refractivity contribution is 7.22. The van der Waals surface area contributed by atoms with Gasteiger partial charge in [0.25, 0.3) is 5.56 Å². The van der Waals surface area contributed by atoms with E-state index >= 15 is 0 Å². The van der Waals surface area contributed by atoms with Gasteiger partial charge in [-0.1, -0.05) is 18.2 Å². The van der Waals surface area contributed by atoms with E-state index in [9.17, 15) is 10.1 Å². The Hall–Kier alpha value is -3.54. The van der Waals surface area contributed by atoms with Crippen LogP contribution in [-0.4, -0.2) is 25.0 Å². The molecule has 146 valence electrons. The number of thiophene rings is 1. The Kier molecular flexibility index (Phi) is 4.35. The summed E-state index contributed by atoms with van der Waals surface area (Å²) >= 11 is 7.54. The van der Waals surface area contributed by atoms with Crippen LogP contribution >= 0.6 is 22.9 Å². The Bertz CT molecular complexity index is 1540. The van der Waals surface area contributed by atoms with E-state index < -0.39 is 0 Å². The van der Waals surface area contributed by atoms with Crippen LogP contribution < -0.4 is 5.56 Å². The molecule has 1 aromatic carbocycles. The second kappa shape index (κ2) is 7.06. The fourth-order valence-corrected chi connectivity index (χ4v) is 4.98. The molecule has 5 rings (SSSR count). The molecule has 4 heterocycles. The first-order chi connectivity index (χ1) is 14.6. The van der Waals surface area contributed by atoms with Crippen molar-refractivity contribution >= 4 is 43.9 Å². The van der Waals surface area contributed by atoms with Crippen LogP contribution in [0.15, 0.2) is 47.4 Å². The van der Waals surface area contributed by atoms with Gasteiger partial charge in [0, 0.05) is 22.7 Å². The molecule has 0 atom stereocenters. The fourth-order valence-electron chi connectivity index (χ4n) is 3.55. The molecule has 0 fully saturated rings. The average molecular weight is 433 g/mol. The van der Waals surface area contributed by atoms with Crippen LogP contribution in [-0.2, 0) is 12.9 Å². The first kappa shape index (κ1) is 18.5. The normalized spacial score (nSPS) is 11.2. The molecule has 0 amide bonds. The number of aromatic nitrogens is 5. The third-order valence-corrected chi connectivity index (χ3v) is 6.40. The molecule has 0 unspecified atom stereocenters. The summed E-state index contributed by atoms with van der Waals surface area (Å²) in [5, 5.41) is 22.1. The molecule has 5 aromatic rings. The number of pyridine rings is 1. The lowest BCUT2D eigenvalue weighted by Gasteiger charge is -2.07. The maximum absolute atomic E-state index is 12.1. The van der Waals surface area contributed by atoms with Gasteiger partial charge in [0.1, 0.15) is 17.3 Å². The maximum Gasteiger partial charge on any atom is 0.273 e. The lowest BCUT2D eigenvalue weighted by molar-refractivity contribution is 0.777. The van der Waals surface area contributed by atoms with Gasteiger partial charge >= 0.3 is 0 Å². The summed E-state index contributed by atoms with van der Waals surface area (Å²) < 4.78 is 2.77. The summed E-state index contributed by atoms with van der Waals surface area (Å²) in [6, 6.07) is 13.7. The highest BCUT2D eigenvalue weighted by Gasteiger charge is 2.22. The van der Waals surface area contributed by atoms with Crippen molar-refractivity contribution in [2.45, 2.75) is 5.88 Å². The zero-order valence-electron chi connectivity index (χ0n) is 15.7. The van der Waals surface area contributed by atoms with Crippen molar-refractivity contribution in [3.05, 3.63) is 64.2 Å². The summed E-state index contributed by atoms with van der Waals surface area (Å²) in [6.07, 6.45) is 1.72. The topological polar surface area (TPSA) is 100 Å². The minimum absolute atomic E-state index is 0.124. The van der Waals surface area contributed by atoms with Gasteiger partial charge in [-0.2, -0.15) is 15.5 Å². The van der Waals surface area contributed by atoms with E-state index in [4.69, 9.17) is 11.6 Å². The van der Waals surface area contributed by atoms with Crippen molar-refractivity contribution in [2.75, 3.05) is 0 Å². The van der Waals surface area contributed by atoms with Gasteiger partial charge in [-0.15, -0.1) is 22.9 Å². The number of alkyl halides is 1. The minimum Gasteiger partial charge on any atom is -0.267 e. The molecule has 9 heteroatoms. The van der Waals surface area contributed by atoms with Gasteiger partial charge < -0.3 is 0 Å². The predicted molar refractivity (Wildman–Crippen MR) is 117 cm³/mol. The molecule has 0 radical (unpaired) electrons. The predicted octanol–water partition coefficient (Wildman–Crippen LogP) is 4.21. The van der Waals surface area contributed by atoms with E-state index in [1.54, 1.807) is 34.3 Å². The SMILES string of the molecule is Cn1ncc(-c2ccc3c(=O)[nH]nc(CCl)c3n2)c1-c1sc2ccccc2c1C#N. The number of benzene rings is 1. The summed E-state index contributed by atoms with van der Waals surface area (Å²) in [6.45, 7) is 0. The number of hydrogen-bond donors (Lipinski definition) is 1. The Balaban J connectivity index is 1.79. The molecular weight excluding hydrogens is 420 g/mol. The number of rotatable bonds is 3. The molecule has 30 heavy (non-hydrogen) atoms. The lowest BCUT2D eigenvalue weighted by atomic mass is 10.1. The zero-order valence-corrected chi connectivity index (χ0v) is 17.3. The minimum atomic E-state index is -0.319. The van der Waals surface area contributed by atoms with Gasteiger partial charge in [-0.05, 0) is 18.2 Å². The third-order valence-electron chi connectivity index (χ3n) is 4.97. The second-order valence-electron chi connectivity index (χ2n) is 6.67. The number of fused-ring (bicyclic) bond motifs is 2. The Morgan fingerprint density at radius 1 is 1.23 bits per heavy atom. The number of nitrogens with zero attached hydrogens (tertiary/aromatic N) is 5. The van der Waals surface area contributed by atoms with Crippen molar-refractivity contribution in [1.29, 1.82) is 5.26 Å². The quantitative estimate of drug-likeness (QED) is 0.430. The molecule has 0 aliphatic heterocycles. The molecule has 0 saturated carbocycles. The van der Waals surface area contributed by atoms with Gasteiger partial charge in [0.15, 0.2) is 0 Å². The van der Waals surface area contributed by atoms with Crippen LogP contribution in [0.2, 0.25) is 0 Å².